The highest BCUT2D eigenvalue weighted by Crippen LogP contribution is 2.37. The Morgan fingerprint density at radius 3 is 1.20 bits per heavy atom. The summed E-state index contributed by atoms with van der Waals surface area (Å²) in [6.45, 7) is 0. The molecule has 2 heterocycles. The van der Waals surface area contributed by atoms with Crippen molar-refractivity contribution in [3.8, 4) is 0 Å². The highest BCUT2D eigenvalue weighted by molar-refractivity contribution is 7.95. The molecule has 2 aromatic heterocycles. The standard InChI is InChI=1S/C12H6F6N2O6S4/c13-11(14,15)29(23,24)19(7-3-1-5-27-7)9(21)10(22)20(8-4-2-6-28-8)30(25,26)12(16,17)18/h1-6H. The van der Waals surface area contributed by atoms with E-state index in [0.29, 0.717) is 12.1 Å². The minimum absolute atomic E-state index is 0.228. The third-order valence-corrected chi connectivity index (χ3v) is 7.82. The second kappa shape index (κ2) is 7.82. The number of halogens is 6. The van der Waals surface area contributed by atoms with Gasteiger partial charge in [0, 0.05) is 0 Å². The first kappa shape index (κ1) is 24.1. The van der Waals surface area contributed by atoms with Gasteiger partial charge in [0.15, 0.2) is 0 Å². The SMILES string of the molecule is O=C(C(=O)N(c1cccs1)S(=O)(=O)C(F)(F)F)N(c1cccs1)S(=O)(=O)C(F)(F)F. The molecule has 30 heavy (non-hydrogen) atoms. The van der Waals surface area contributed by atoms with Crippen LogP contribution < -0.4 is 8.61 Å². The van der Waals surface area contributed by atoms with Gasteiger partial charge in [-0.05, 0) is 35.0 Å². The lowest BCUT2D eigenvalue weighted by Crippen LogP contribution is -2.54. The van der Waals surface area contributed by atoms with Gasteiger partial charge >= 0.3 is 42.9 Å². The molecule has 2 rings (SSSR count). The molecule has 0 saturated carbocycles. The van der Waals surface area contributed by atoms with Crippen molar-refractivity contribution in [1.29, 1.82) is 0 Å². The largest absolute Gasteiger partial charge is 0.517 e. The minimum Gasteiger partial charge on any atom is -0.262 e. The molecule has 2 amide bonds. The van der Waals surface area contributed by atoms with Gasteiger partial charge in [-0.2, -0.15) is 51.8 Å². The van der Waals surface area contributed by atoms with Gasteiger partial charge in [0.1, 0.15) is 10.0 Å². The summed E-state index contributed by atoms with van der Waals surface area (Å²) < 4.78 is 123. The first-order valence-electron chi connectivity index (χ1n) is 6.92. The number of alkyl halides is 6. The fraction of sp³-hybridized carbons (Fsp3) is 0.167. The molecule has 0 unspecified atom stereocenters. The molecule has 166 valence electrons. The minimum atomic E-state index is -6.61. The number of hydrogen-bond acceptors (Lipinski definition) is 8. The fourth-order valence-electron chi connectivity index (χ4n) is 1.81. The number of rotatable bonds is 4. The molecule has 0 N–H and O–H groups in total. The van der Waals surface area contributed by atoms with Crippen molar-refractivity contribution in [2.24, 2.45) is 0 Å². The first-order chi connectivity index (χ1) is 13.5. The van der Waals surface area contributed by atoms with E-state index < -0.39 is 61.5 Å². The van der Waals surface area contributed by atoms with Crippen molar-refractivity contribution in [1.82, 2.24) is 0 Å². The van der Waals surface area contributed by atoms with Crippen LogP contribution >= 0.6 is 22.7 Å². The molecule has 2 aromatic rings. The summed E-state index contributed by atoms with van der Waals surface area (Å²) in [6, 6.07) is 3.29. The Hall–Kier alpha value is -2.18. The lowest BCUT2D eigenvalue weighted by atomic mass is 10.5. The number of carbonyl (C=O) groups is 2. The summed E-state index contributed by atoms with van der Waals surface area (Å²) in [4.78, 5) is 24.8. The number of anilines is 2. The maximum atomic E-state index is 13.0. The van der Waals surface area contributed by atoms with E-state index in [4.69, 9.17) is 0 Å². The van der Waals surface area contributed by atoms with Crippen molar-refractivity contribution in [2.75, 3.05) is 8.61 Å². The van der Waals surface area contributed by atoms with Gasteiger partial charge in [0.05, 0.1) is 0 Å². The normalized spacial score (nSPS) is 13.1. The van der Waals surface area contributed by atoms with Crippen molar-refractivity contribution in [3.63, 3.8) is 0 Å². The molecule has 0 spiro atoms. The van der Waals surface area contributed by atoms with Crippen LogP contribution in [0, 0.1) is 0 Å². The Balaban J connectivity index is 2.68. The van der Waals surface area contributed by atoms with Gasteiger partial charge in [-0.15, -0.1) is 22.7 Å². The Bertz CT molecular complexity index is 1040. The van der Waals surface area contributed by atoms with E-state index >= 15 is 0 Å². The van der Waals surface area contributed by atoms with Gasteiger partial charge in [-0.25, -0.2) is 0 Å². The average molecular weight is 516 g/mol. The molecular weight excluding hydrogens is 510 g/mol. The zero-order chi connectivity index (χ0) is 23.1. The average Bonchev–Trinajstić information content (AvgIpc) is 3.26. The van der Waals surface area contributed by atoms with Crippen LogP contribution in [0.4, 0.5) is 36.3 Å². The smallest absolute Gasteiger partial charge is 0.262 e. The molecule has 0 bridgehead atoms. The summed E-state index contributed by atoms with van der Waals surface area (Å²) in [5.74, 6) is -5.37. The van der Waals surface area contributed by atoms with Crippen LogP contribution in [0.25, 0.3) is 0 Å². The molecule has 8 nitrogen and oxygen atoms in total. The third kappa shape index (κ3) is 4.16. The van der Waals surface area contributed by atoms with Gasteiger partial charge < -0.3 is 0 Å². The second-order valence-electron chi connectivity index (χ2n) is 4.94. The molecule has 0 saturated heterocycles. The van der Waals surface area contributed by atoms with E-state index in [1.165, 1.54) is 0 Å². The summed E-state index contributed by atoms with van der Waals surface area (Å²) in [5, 5.41) is 0.0211. The number of carbonyl (C=O) groups excluding carboxylic acids is 2. The van der Waals surface area contributed by atoms with Crippen LogP contribution in [0.15, 0.2) is 35.0 Å². The van der Waals surface area contributed by atoms with E-state index in [2.05, 4.69) is 0 Å². The predicted octanol–water partition coefficient (Wildman–Crippen LogP) is 2.88. The maximum absolute atomic E-state index is 13.0. The highest BCUT2D eigenvalue weighted by atomic mass is 32.2. The van der Waals surface area contributed by atoms with E-state index in [9.17, 15) is 52.8 Å². The molecule has 0 aliphatic heterocycles. The molecule has 0 aliphatic rings. The number of thiophene rings is 2. The van der Waals surface area contributed by atoms with Crippen LogP contribution in [-0.4, -0.2) is 39.7 Å². The van der Waals surface area contributed by atoms with Crippen molar-refractivity contribution in [3.05, 3.63) is 35.0 Å². The van der Waals surface area contributed by atoms with Gasteiger partial charge in [0.25, 0.3) is 0 Å². The lowest BCUT2D eigenvalue weighted by Gasteiger charge is -2.25. The lowest BCUT2D eigenvalue weighted by molar-refractivity contribution is -0.134. The topological polar surface area (TPSA) is 109 Å². The monoisotopic (exact) mass is 516 g/mol. The van der Waals surface area contributed by atoms with Gasteiger partial charge in [-0.3, -0.25) is 9.59 Å². The first-order valence-corrected chi connectivity index (χ1v) is 11.6. The maximum Gasteiger partial charge on any atom is 0.517 e. The highest BCUT2D eigenvalue weighted by Gasteiger charge is 2.58. The Morgan fingerprint density at radius 2 is 1.00 bits per heavy atom. The molecule has 0 aromatic carbocycles. The summed E-state index contributed by atoms with van der Waals surface area (Å²) >= 11 is 0.456. The fourth-order valence-corrected chi connectivity index (χ4v) is 5.52. The van der Waals surface area contributed by atoms with Crippen molar-refractivity contribution >= 4 is 64.5 Å². The summed E-state index contributed by atoms with van der Waals surface area (Å²) in [7, 11) is -13.2. The summed E-state index contributed by atoms with van der Waals surface area (Å²) in [6.07, 6.45) is 0. The number of sulfonamides is 2. The Labute approximate surface area is 172 Å². The van der Waals surface area contributed by atoms with Crippen molar-refractivity contribution < 1.29 is 52.8 Å². The zero-order valence-corrected chi connectivity index (χ0v) is 17.0. The molecular formula is C12H6F6N2O6S4. The Morgan fingerprint density at radius 1 is 0.700 bits per heavy atom. The van der Waals surface area contributed by atoms with E-state index in [1.807, 2.05) is 0 Å². The molecule has 0 radical (unpaired) electrons. The number of nitrogens with zero attached hydrogens (tertiary/aromatic N) is 2. The zero-order valence-electron chi connectivity index (χ0n) is 13.7. The molecule has 18 heteroatoms. The Kier molecular flexibility index (Phi) is 6.28. The van der Waals surface area contributed by atoms with E-state index in [-0.39, 0.29) is 22.7 Å². The third-order valence-electron chi connectivity index (χ3n) is 3.03. The summed E-state index contributed by atoms with van der Waals surface area (Å²) in [5.41, 5.74) is -12.3. The van der Waals surface area contributed by atoms with Crippen LogP contribution in [-0.2, 0) is 29.6 Å². The van der Waals surface area contributed by atoms with E-state index in [0.717, 1.165) is 22.9 Å². The number of hydrogen-bond donors (Lipinski definition) is 0. The van der Waals surface area contributed by atoms with E-state index in [1.54, 1.807) is 0 Å². The van der Waals surface area contributed by atoms with Gasteiger partial charge in [0.2, 0.25) is 0 Å². The number of amides is 2. The van der Waals surface area contributed by atoms with Crippen LogP contribution in [0.5, 0.6) is 0 Å². The molecule has 0 aliphatic carbocycles. The van der Waals surface area contributed by atoms with Crippen LogP contribution in [0.1, 0.15) is 0 Å². The van der Waals surface area contributed by atoms with Gasteiger partial charge in [-0.1, -0.05) is 0 Å². The predicted molar refractivity (Wildman–Crippen MR) is 93.6 cm³/mol. The van der Waals surface area contributed by atoms with Crippen LogP contribution in [0.2, 0.25) is 0 Å². The molecule has 0 fully saturated rings. The quantitative estimate of drug-likeness (QED) is 0.457. The molecule has 0 atom stereocenters. The van der Waals surface area contributed by atoms with Crippen molar-refractivity contribution in [2.45, 2.75) is 11.0 Å². The van der Waals surface area contributed by atoms with Crippen LogP contribution in [0.3, 0.4) is 0 Å². The second-order valence-corrected chi connectivity index (χ2v) is 10.4.